The van der Waals surface area contributed by atoms with Crippen LogP contribution in [0, 0.1) is 0 Å². The lowest BCUT2D eigenvalue weighted by atomic mass is 9.88. The van der Waals surface area contributed by atoms with Gasteiger partial charge in [-0.1, -0.05) is 12.2 Å². The van der Waals surface area contributed by atoms with Crippen LogP contribution in [0.4, 0.5) is 26.3 Å². The maximum atomic E-state index is 13.0. The van der Waals surface area contributed by atoms with Crippen molar-refractivity contribution in [3.05, 3.63) is 47.0 Å². The van der Waals surface area contributed by atoms with Crippen molar-refractivity contribution in [2.75, 3.05) is 20.2 Å². The van der Waals surface area contributed by atoms with Gasteiger partial charge in [-0.15, -0.1) is 0 Å². The van der Waals surface area contributed by atoms with Crippen LogP contribution >= 0.6 is 0 Å². The Balaban J connectivity index is 2.22. The first kappa shape index (κ1) is 21.8. The van der Waals surface area contributed by atoms with Gasteiger partial charge in [0.05, 0.1) is 23.8 Å². The van der Waals surface area contributed by atoms with Crippen molar-refractivity contribution in [3.8, 4) is 0 Å². The van der Waals surface area contributed by atoms with Crippen LogP contribution in [0.2, 0.25) is 0 Å². The molecule has 1 aliphatic heterocycles. The van der Waals surface area contributed by atoms with Gasteiger partial charge >= 0.3 is 12.4 Å². The van der Waals surface area contributed by atoms with Gasteiger partial charge in [0.1, 0.15) is 0 Å². The van der Waals surface area contributed by atoms with Crippen LogP contribution in [0.15, 0.2) is 30.4 Å². The highest BCUT2D eigenvalue weighted by molar-refractivity contribution is 5.34. The predicted octanol–water partition coefficient (Wildman–Crippen LogP) is 5.84. The molecule has 0 spiro atoms. The van der Waals surface area contributed by atoms with Gasteiger partial charge in [-0.05, 0) is 57.5 Å². The largest absolute Gasteiger partial charge is 0.416 e. The summed E-state index contributed by atoms with van der Waals surface area (Å²) in [5, 5.41) is 0. The van der Waals surface area contributed by atoms with E-state index in [0.29, 0.717) is 18.7 Å². The van der Waals surface area contributed by atoms with E-state index in [1.807, 2.05) is 18.9 Å². The normalized spacial score (nSPS) is 23.5. The third-order valence-electron chi connectivity index (χ3n) is 5.12. The number of likely N-dealkylation sites (N-methyl/N-ethyl adjacent to an activating group) is 1. The van der Waals surface area contributed by atoms with Crippen LogP contribution in [-0.4, -0.2) is 30.6 Å². The molecule has 0 amide bonds. The number of ether oxygens (including phenoxy) is 1. The van der Waals surface area contributed by atoms with Gasteiger partial charge in [0, 0.05) is 12.1 Å². The van der Waals surface area contributed by atoms with Gasteiger partial charge < -0.3 is 4.74 Å². The zero-order valence-electron chi connectivity index (χ0n) is 15.5. The SMILES string of the molecule is C=C1CC[C@](C)(CO[C@H](C)c2cc(C(F)(F)F)cc(C(F)(F)F)c2)N(C)C1. The Labute approximate surface area is 154 Å². The van der Waals surface area contributed by atoms with E-state index in [4.69, 9.17) is 4.74 Å². The molecule has 27 heavy (non-hydrogen) atoms. The molecular weight excluding hydrogens is 372 g/mol. The maximum absolute atomic E-state index is 13.0. The smallest absolute Gasteiger partial charge is 0.372 e. The van der Waals surface area contributed by atoms with Crippen molar-refractivity contribution in [1.82, 2.24) is 4.90 Å². The van der Waals surface area contributed by atoms with Crippen LogP contribution in [0.5, 0.6) is 0 Å². The minimum atomic E-state index is -4.87. The third kappa shape index (κ3) is 5.25. The van der Waals surface area contributed by atoms with E-state index in [0.717, 1.165) is 18.4 Å². The topological polar surface area (TPSA) is 12.5 Å². The minimum absolute atomic E-state index is 0.123. The molecule has 0 aliphatic carbocycles. The molecule has 2 rings (SSSR count). The van der Waals surface area contributed by atoms with Gasteiger partial charge in [-0.2, -0.15) is 26.3 Å². The summed E-state index contributed by atoms with van der Waals surface area (Å²) < 4.78 is 83.7. The molecule has 1 fully saturated rings. The lowest BCUT2D eigenvalue weighted by Gasteiger charge is -2.43. The summed E-state index contributed by atoms with van der Waals surface area (Å²) in [4.78, 5) is 2.04. The molecule has 8 heteroatoms. The second kappa shape index (κ2) is 7.47. The number of alkyl halides is 6. The number of hydrogen-bond donors (Lipinski definition) is 0. The first-order valence-corrected chi connectivity index (χ1v) is 8.51. The molecule has 1 heterocycles. The summed E-state index contributed by atoms with van der Waals surface area (Å²) in [6.45, 7) is 8.23. The quantitative estimate of drug-likeness (QED) is 0.469. The Hall–Kier alpha value is -1.54. The molecule has 0 N–H and O–H groups in total. The number of benzene rings is 1. The highest BCUT2D eigenvalue weighted by Crippen LogP contribution is 2.38. The molecule has 1 aromatic rings. The van der Waals surface area contributed by atoms with Gasteiger partial charge in [0.25, 0.3) is 0 Å². The third-order valence-corrected chi connectivity index (χ3v) is 5.12. The first-order chi connectivity index (χ1) is 12.2. The number of nitrogens with zero attached hydrogens (tertiary/aromatic N) is 1. The Bertz CT molecular complexity index is 664. The molecule has 1 aromatic carbocycles. The van der Waals surface area contributed by atoms with Crippen LogP contribution < -0.4 is 0 Å². The minimum Gasteiger partial charge on any atom is -0.372 e. The van der Waals surface area contributed by atoms with E-state index < -0.39 is 29.6 Å². The summed E-state index contributed by atoms with van der Waals surface area (Å²) in [5.74, 6) is 0. The fourth-order valence-corrected chi connectivity index (χ4v) is 3.04. The van der Waals surface area contributed by atoms with Gasteiger partial charge in [-0.3, -0.25) is 4.90 Å². The van der Waals surface area contributed by atoms with E-state index in [1.165, 1.54) is 6.92 Å². The van der Waals surface area contributed by atoms with Crippen molar-refractivity contribution in [2.45, 2.75) is 50.7 Å². The van der Waals surface area contributed by atoms with Crippen LogP contribution in [0.3, 0.4) is 0 Å². The van der Waals surface area contributed by atoms with E-state index in [1.54, 1.807) is 0 Å². The second-order valence-corrected chi connectivity index (χ2v) is 7.40. The molecule has 1 saturated heterocycles. The number of hydrogen-bond acceptors (Lipinski definition) is 2. The number of piperidine rings is 1. The number of rotatable bonds is 4. The summed E-state index contributed by atoms with van der Waals surface area (Å²) in [6.07, 6.45) is -9.09. The molecule has 0 bridgehead atoms. The Kier molecular flexibility index (Phi) is 6.02. The second-order valence-electron chi connectivity index (χ2n) is 7.40. The summed E-state index contributed by atoms with van der Waals surface area (Å²) in [5.41, 5.74) is -2.09. The fraction of sp³-hybridized carbons (Fsp3) is 0.579. The molecule has 0 saturated carbocycles. The zero-order valence-corrected chi connectivity index (χ0v) is 15.5. The molecule has 0 unspecified atom stereocenters. The first-order valence-electron chi connectivity index (χ1n) is 8.51. The van der Waals surface area contributed by atoms with E-state index in [2.05, 4.69) is 6.58 Å². The van der Waals surface area contributed by atoms with Crippen molar-refractivity contribution in [2.24, 2.45) is 0 Å². The van der Waals surface area contributed by atoms with E-state index in [-0.39, 0.29) is 23.8 Å². The summed E-state index contributed by atoms with van der Waals surface area (Å²) in [6, 6.07) is 1.56. The van der Waals surface area contributed by atoms with E-state index in [9.17, 15) is 26.3 Å². The molecule has 0 aromatic heterocycles. The molecule has 1 aliphatic rings. The zero-order chi connectivity index (χ0) is 20.6. The Morgan fingerprint density at radius 2 is 1.63 bits per heavy atom. The van der Waals surface area contributed by atoms with Crippen LogP contribution in [0.1, 0.15) is 49.5 Å². The number of halogens is 6. The molecule has 0 radical (unpaired) electrons. The number of likely N-dealkylation sites (tertiary alicyclic amines) is 1. The molecule has 152 valence electrons. The average Bonchev–Trinajstić information content (AvgIpc) is 2.54. The lowest BCUT2D eigenvalue weighted by Crippen LogP contribution is -2.51. The standard InChI is InChI=1S/C19H23F6NO/c1-12-5-6-17(3,26(4)10-12)11-27-13(2)14-7-15(18(20,21)22)9-16(8-14)19(23,24)25/h7-9,13H,1,5-6,10-11H2,2-4H3/t13-,17-/m1/s1. The van der Waals surface area contributed by atoms with Gasteiger partial charge in [0.15, 0.2) is 0 Å². The van der Waals surface area contributed by atoms with Crippen molar-refractivity contribution < 1.29 is 31.1 Å². The maximum Gasteiger partial charge on any atom is 0.416 e. The van der Waals surface area contributed by atoms with Crippen molar-refractivity contribution in [3.63, 3.8) is 0 Å². The highest BCUT2D eigenvalue weighted by atomic mass is 19.4. The Morgan fingerprint density at radius 1 is 1.11 bits per heavy atom. The highest BCUT2D eigenvalue weighted by Gasteiger charge is 2.38. The van der Waals surface area contributed by atoms with Gasteiger partial charge in [-0.25, -0.2) is 0 Å². The fourth-order valence-electron chi connectivity index (χ4n) is 3.04. The summed E-state index contributed by atoms with van der Waals surface area (Å²) in [7, 11) is 1.89. The van der Waals surface area contributed by atoms with Crippen molar-refractivity contribution in [1.29, 1.82) is 0 Å². The molecule has 2 nitrogen and oxygen atoms in total. The van der Waals surface area contributed by atoms with Gasteiger partial charge in [0.2, 0.25) is 0 Å². The van der Waals surface area contributed by atoms with Crippen LogP contribution in [-0.2, 0) is 17.1 Å². The molecular formula is C19H23F6NO. The van der Waals surface area contributed by atoms with E-state index >= 15 is 0 Å². The van der Waals surface area contributed by atoms with Crippen molar-refractivity contribution >= 4 is 0 Å². The lowest BCUT2D eigenvalue weighted by molar-refractivity contribution is -0.143. The van der Waals surface area contributed by atoms with Crippen LogP contribution in [0.25, 0.3) is 0 Å². The Morgan fingerprint density at radius 3 is 2.07 bits per heavy atom. The average molecular weight is 395 g/mol. The molecule has 2 atom stereocenters. The summed E-state index contributed by atoms with van der Waals surface area (Å²) >= 11 is 0. The predicted molar refractivity (Wildman–Crippen MR) is 90.2 cm³/mol. The monoisotopic (exact) mass is 395 g/mol.